The minimum Gasteiger partial charge on any atom is -0.326 e. The van der Waals surface area contributed by atoms with Crippen molar-refractivity contribution in [3.05, 3.63) is 58.6 Å². The van der Waals surface area contributed by atoms with Gasteiger partial charge in [-0.15, -0.1) is 0 Å². The highest BCUT2D eigenvalue weighted by molar-refractivity contribution is 7.89. The molecule has 0 radical (unpaired) electrons. The zero-order valence-electron chi connectivity index (χ0n) is 16.9. The van der Waals surface area contributed by atoms with Gasteiger partial charge in [0.1, 0.15) is 0 Å². The van der Waals surface area contributed by atoms with E-state index in [4.69, 9.17) is 11.6 Å². The van der Waals surface area contributed by atoms with Crippen LogP contribution in [-0.2, 0) is 21.0 Å². The molecule has 1 N–H and O–H groups in total. The van der Waals surface area contributed by atoms with Gasteiger partial charge in [-0.25, -0.2) is 8.42 Å². The highest BCUT2D eigenvalue weighted by Crippen LogP contribution is 2.36. The summed E-state index contributed by atoms with van der Waals surface area (Å²) in [5, 5.41) is 2.14. The second-order valence-electron chi connectivity index (χ2n) is 7.44. The number of carbonyl (C=O) groups excluding carboxylic acids is 2. The maximum atomic E-state index is 13.1. The monoisotopic (exact) mass is 488 g/mol. The molecule has 1 aliphatic heterocycles. The van der Waals surface area contributed by atoms with Gasteiger partial charge in [0.25, 0.3) is 0 Å². The molecule has 1 amide bonds. The number of Topliss-reactive ketones (excluding diaryl/α,β-unsaturated/α-hetero) is 1. The lowest BCUT2D eigenvalue weighted by Crippen LogP contribution is -2.41. The first kappa shape index (κ1) is 24.2. The summed E-state index contributed by atoms with van der Waals surface area (Å²) in [6, 6.07) is 8.94. The Morgan fingerprint density at radius 1 is 1.09 bits per heavy atom. The van der Waals surface area contributed by atoms with Gasteiger partial charge in [-0.3, -0.25) is 9.59 Å². The fourth-order valence-electron chi connectivity index (χ4n) is 3.45. The van der Waals surface area contributed by atoms with Crippen molar-refractivity contribution < 1.29 is 31.2 Å². The normalized spacial score (nSPS) is 16.0. The quantitative estimate of drug-likeness (QED) is 0.623. The average molecular weight is 489 g/mol. The van der Waals surface area contributed by atoms with Crippen molar-refractivity contribution in [1.82, 2.24) is 4.31 Å². The summed E-state index contributed by atoms with van der Waals surface area (Å²) in [6.45, 7) is 1.38. The molecule has 2 aromatic carbocycles. The number of benzene rings is 2. The van der Waals surface area contributed by atoms with Gasteiger partial charge in [0.15, 0.2) is 5.78 Å². The second kappa shape index (κ2) is 9.21. The number of hydrogen-bond acceptors (Lipinski definition) is 4. The smallest absolute Gasteiger partial charge is 0.326 e. The number of carbonyl (C=O) groups is 2. The van der Waals surface area contributed by atoms with Gasteiger partial charge in [-0.05, 0) is 50.1 Å². The maximum Gasteiger partial charge on any atom is 0.417 e. The van der Waals surface area contributed by atoms with Crippen LogP contribution in [0.4, 0.5) is 18.9 Å². The molecular formula is C21H20ClF3N2O4S. The highest BCUT2D eigenvalue weighted by Gasteiger charge is 2.37. The summed E-state index contributed by atoms with van der Waals surface area (Å²) in [4.78, 5) is 23.5. The number of nitrogens with one attached hydrogen (secondary N) is 1. The molecular weight excluding hydrogens is 469 g/mol. The molecule has 0 aliphatic carbocycles. The molecule has 0 unspecified atom stereocenters. The Bertz CT molecular complexity index is 1140. The van der Waals surface area contributed by atoms with Crippen LogP contribution in [0.5, 0.6) is 0 Å². The Kier molecular flexibility index (Phi) is 6.97. The van der Waals surface area contributed by atoms with E-state index in [1.54, 1.807) is 24.3 Å². The Morgan fingerprint density at radius 2 is 1.75 bits per heavy atom. The first-order chi connectivity index (χ1) is 14.9. The van der Waals surface area contributed by atoms with Crippen molar-refractivity contribution >= 4 is 39.0 Å². The number of hydrogen-bond donors (Lipinski definition) is 1. The van der Waals surface area contributed by atoms with Crippen molar-refractivity contribution in [3.8, 4) is 0 Å². The average Bonchev–Trinajstić information content (AvgIpc) is 2.73. The van der Waals surface area contributed by atoms with Crippen LogP contribution in [0, 0.1) is 5.92 Å². The molecule has 32 heavy (non-hydrogen) atoms. The Balaban J connectivity index is 1.68. The van der Waals surface area contributed by atoms with E-state index in [2.05, 4.69) is 5.32 Å². The van der Waals surface area contributed by atoms with Crippen LogP contribution in [0.25, 0.3) is 0 Å². The van der Waals surface area contributed by atoms with E-state index in [0.717, 1.165) is 16.4 Å². The van der Waals surface area contributed by atoms with Crippen molar-refractivity contribution in [2.45, 2.75) is 30.8 Å². The first-order valence-electron chi connectivity index (χ1n) is 9.68. The van der Waals surface area contributed by atoms with Crippen molar-refractivity contribution in [2.75, 3.05) is 18.4 Å². The van der Waals surface area contributed by atoms with E-state index in [1.807, 2.05) is 0 Å². The number of halogens is 4. The van der Waals surface area contributed by atoms with Gasteiger partial charge in [0.2, 0.25) is 15.9 Å². The van der Waals surface area contributed by atoms with Gasteiger partial charge in [-0.2, -0.15) is 17.5 Å². The number of rotatable bonds is 5. The molecule has 0 bridgehead atoms. The van der Waals surface area contributed by atoms with Crippen molar-refractivity contribution in [3.63, 3.8) is 0 Å². The van der Waals surface area contributed by atoms with Gasteiger partial charge in [-0.1, -0.05) is 23.7 Å². The fourth-order valence-corrected chi connectivity index (χ4v) is 5.17. The molecule has 11 heteroatoms. The number of anilines is 1. The van der Waals surface area contributed by atoms with E-state index in [0.29, 0.717) is 17.3 Å². The highest BCUT2D eigenvalue weighted by atomic mass is 35.5. The Morgan fingerprint density at radius 3 is 2.34 bits per heavy atom. The summed E-state index contributed by atoms with van der Waals surface area (Å²) < 4.78 is 66.0. The maximum absolute atomic E-state index is 13.1. The molecule has 1 heterocycles. The van der Waals surface area contributed by atoms with Crippen LogP contribution in [0.2, 0.25) is 5.02 Å². The third kappa shape index (κ3) is 5.31. The standard InChI is InChI=1S/C21H20ClF3N2O4S/c1-13(28)15-3-2-4-16(11-15)26-20(29)14-7-9-27(10-8-14)32(30,31)17-5-6-19(22)18(12-17)21(23,24)25/h2-6,11-12,14H,7-10H2,1H3,(H,26,29). The molecule has 0 atom stereocenters. The SMILES string of the molecule is CC(=O)c1cccc(NC(=O)C2CCN(S(=O)(=O)c3ccc(Cl)c(C(F)(F)F)c3)CC2)c1. The van der Waals surface area contributed by atoms with E-state index in [9.17, 15) is 31.2 Å². The number of sulfonamides is 1. The van der Waals surface area contributed by atoms with Gasteiger partial charge < -0.3 is 5.32 Å². The molecule has 0 spiro atoms. The topological polar surface area (TPSA) is 83.6 Å². The van der Waals surface area contributed by atoms with Crippen LogP contribution >= 0.6 is 11.6 Å². The van der Waals surface area contributed by atoms with E-state index < -0.39 is 37.6 Å². The van der Waals surface area contributed by atoms with Crippen LogP contribution in [0.3, 0.4) is 0 Å². The van der Waals surface area contributed by atoms with Crippen LogP contribution in [-0.4, -0.2) is 37.5 Å². The molecule has 6 nitrogen and oxygen atoms in total. The Hall–Kier alpha value is -2.43. The van der Waals surface area contributed by atoms with Crippen molar-refractivity contribution in [1.29, 1.82) is 0 Å². The third-order valence-electron chi connectivity index (χ3n) is 5.24. The van der Waals surface area contributed by atoms with E-state index in [-0.39, 0.29) is 37.6 Å². The fraction of sp³-hybridized carbons (Fsp3) is 0.333. The zero-order valence-corrected chi connectivity index (χ0v) is 18.5. The summed E-state index contributed by atoms with van der Waals surface area (Å²) in [5.74, 6) is -0.928. The molecule has 172 valence electrons. The molecule has 1 fully saturated rings. The molecule has 1 saturated heterocycles. The Labute approximate surface area is 188 Å². The summed E-state index contributed by atoms with van der Waals surface area (Å²) >= 11 is 5.57. The minimum atomic E-state index is -4.78. The van der Waals surface area contributed by atoms with Gasteiger partial charge in [0.05, 0.1) is 15.5 Å². The van der Waals surface area contributed by atoms with Crippen LogP contribution < -0.4 is 5.32 Å². The lowest BCUT2D eigenvalue weighted by atomic mass is 9.97. The molecule has 2 aromatic rings. The molecule has 3 rings (SSSR count). The lowest BCUT2D eigenvalue weighted by molar-refractivity contribution is -0.137. The van der Waals surface area contributed by atoms with Crippen LogP contribution in [0.15, 0.2) is 47.4 Å². The summed E-state index contributed by atoms with van der Waals surface area (Å²) in [7, 11) is -4.18. The number of ketones is 1. The number of nitrogens with zero attached hydrogens (tertiary/aromatic N) is 1. The third-order valence-corrected chi connectivity index (χ3v) is 7.47. The lowest BCUT2D eigenvalue weighted by Gasteiger charge is -2.30. The van der Waals surface area contributed by atoms with Gasteiger partial charge in [0, 0.05) is 30.3 Å². The van der Waals surface area contributed by atoms with E-state index in [1.165, 1.54) is 6.92 Å². The molecule has 0 saturated carbocycles. The molecule has 0 aromatic heterocycles. The number of alkyl halides is 3. The first-order valence-corrected chi connectivity index (χ1v) is 11.5. The minimum absolute atomic E-state index is 0.0160. The second-order valence-corrected chi connectivity index (χ2v) is 9.79. The number of amides is 1. The van der Waals surface area contributed by atoms with E-state index >= 15 is 0 Å². The zero-order chi connectivity index (χ0) is 23.7. The van der Waals surface area contributed by atoms with Crippen LogP contribution in [0.1, 0.15) is 35.7 Å². The molecule has 1 aliphatic rings. The van der Waals surface area contributed by atoms with Gasteiger partial charge >= 0.3 is 6.18 Å². The summed E-state index contributed by atoms with van der Waals surface area (Å²) in [6.07, 6.45) is -4.37. The number of piperidine rings is 1. The summed E-state index contributed by atoms with van der Waals surface area (Å²) in [5.41, 5.74) is -0.314. The predicted octanol–water partition coefficient (Wildman–Crippen LogP) is 4.60. The van der Waals surface area contributed by atoms with Crippen molar-refractivity contribution in [2.24, 2.45) is 5.92 Å². The largest absolute Gasteiger partial charge is 0.417 e. The predicted molar refractivity (Wildman–Crippen MR) is 113 cm³/mol.